The topological polar surface area (TPSA) is 493 Å². The van der Waals surface area contributed by atoms with Gasteiger partial charge in [0.15, 0.2) is 34.4 Å². The molecule has 6 saturated carbocycles. The molecule has 750 valence electrons. The van der Waals surface area contributed by atoms with E-state index in [0.29, 0.717) is 125 Å². The maximum absolute atomic E-state index is 12.5. The number of pyridine rings is 1. The Morgan fingerprint density at radius 1 is 0.388 bits per heavy atom. The minimum absolute atomic E-state index is 0.0338. The molecule has 0 radical (unpaired) electrons. The van der Waals surface area contributed by atoms with Gasteiger partial charge in [0.1, 0.15) is 57.7 Å². The van der Waals surface area contributed by atoms with Crippen molar-refractivity contribution in [2.45, 2.75) is 309 Å². The van der Waals surface area contributed by atoms with Crippen LogP contribution in [-0.2, 0) is 14.4 Å². The van der Waals surface area contributed by atoms with E-state index in [2.05, 4.69) is 93.4 Å². The molecule has 3 unspecified atom stereocenters. The number of carbonyl (C=O) groups is 9. The third-order valence-electron chi connectivity index (χ3n) is 27.7. The predicted octanol–water partition coefficient (Wildman–Crippen LogP) is 17.0. The summed E-state index contributed by atoms with van der Waals surface area (Å²) in [5, 5.41) is 41.4. The number of nitrogens with one attached hydrogen (secondary N) is 3. The Hall–Kier alpha value is -11.7. The number of amides is 6. The maximum Gasteiger partial charge on any atom is 0.274 e. The number of hydrogen-bond donors (Lipinski definition) is 8. The van der Waals surface area contributed by atoms with E-state index in [0.717, 1.165) is 212 Å². The lowest BCUT2D eigenvalue weighted by Gasteiger charge is -2.34. The van der Waals surface area contributed by atoms with Gasteiger partial charge in [-0.25, -0.2) is 0 Å². The van der Waals surface area contributed by atoms with Gasteiger partial charge in [-0.15, -0.1) is 0 Å². The second-order valence-electron chi connectivity index (χ2n) is 42.4. The van der Waals surface area contributed by atoms with Gasteiger partial charge in [0.2, 0.25) is 17.7 Å². The molecule has 2 aromatic carbocycles. The number of piperidine rings is 3. The SMILES string of the molecule is CC(C)(C)C(NC(=O)c1cc(C2CC2)on1)c1ccc(N)cc1.CC(C)(C)C(NC(=O)c1cc(C2CC2)on1)c1ccccn1.CC(C)[C@@H](N)C(=O)N1CCC(CCC(=O)c2cc(C3CC3)on2)CC1.CC(C)[C@H](N)C(=O)N1CCC(CCC(=O)c2cc(C3CC3)on2)CC1.Cc1ccc(C(C)NC(=O)c2cc(C3CC3)on2)cc1.N[C@H](CO)C(=O)N1CCC(CCC(=O)c2cc(C3CC3)on2)CC1. The van der Waals surface area contributed by atoms with Crippen molar-refractivity contribution in [1.82, 2.24) is 66.6 Å². The second-order valence-corrected chi connectivity index (χ2v) is 42.4. The van der Waals surface area contributed by atoms with E-state index in [1.165, 1.54) is 5.56 Å². The maximum atomic E-state index is 12.5. The standard InChI is InChI=1S/2C19H29N3O3.C18H23N3O2.C17H25N3O4.C17H21N3O2.C16H18N2O2/c2*1-12(2)18(20)19(24)22-9-7-13(8-10-22)3-6-16(23)15-11-17(25-21-15)14-4-5-14;1-18(2,3)16(12-6-8-13(19)9-7-12)20-17(22)14-10-15(23-21-14)11-4-5-11;18-13(10-21)17(23)20-7-5-11(6-8-20)1-4-15(22)14-9-16(24-19-14)12-2-3-12;1-17(2,3)15(12-6-4-5-9-18-12)19-16(21)13-10-14(22-20-13)11-7-8-11;1-10-3-5-12(6-4-10)11(2)17-16(19)14-9-15(20-18-14)13-7-8-13/h2*11-14,18H,3-10,20H2,1-2H3;6-11,16H,4-5,19H2,1-3H3,(H,20,22);9,11-13,21H,1-8,10,18H2;4-6,9-11,15H,7-8H2,1-3H3,(H,19,21);3-6,9,11,13H,7-8H2,1-2H3,(H,17,19)/t2*18-;;13-;;/m10.1../s1. The van der Waals surface area contributed by atoms with Gasteiger partial charge in [-0.05, 0) is 224 Å². The first-order chi connectivity index (χ1) is 66.4. The molecule has 9 fully saturated rings. The number of anilines is 1. The fourth-order valence-corrected chi connectivity index (χ4v) is 17.2. The zero-order valence-electron chi connectivity index (χ0n) is 83.0. The fourth-order valence-electron chi connectivity index (χ4n) is 17.2. The first kappa shape index (κ1) is 105. The van der Waals surface area contributed by atoms with Gasteiger partial charge in [0.25, 0.3) is 17.7 Å². The Morgan fingerprint density at radius 3 is 0.978 bits per heavy atom. The molecule has 6 aliphatic carbocycles. The molecule has 0 bridgehead atoms. The molecule has 139 heavy (non-hydrogen) atoms. The van der Waals surface area contributed by atoms with Gasteiger partial charge < -0.3 is 85.8 Å². The molecule has 18 rings (SSSR count). The highest BCUT2D eigenvalue weighted by Gasteiger charge is 2.39. The zero-order chi connectivity index (χ0) is 99.5. The summed E-state index contributed by atoms with van der Waals surface area (Å²) in [6, 6.07) is 30.1. The van der Waals surface area contributed by atoms with Gasteiger partial charge in [-0.2, -0.15) is 0 Å². The van der Waals surface area contributed by atoms with E-state index >= 15 is 0 Å². The van der Waals surface area contributed by atoms with Gasteiger partial charge >= 0.3 is 0 Å². The lowest BCUT2D eigenvalue weighted by molar-refractivity contribution is -0.135. The van der Waals surface area contributed by atoms with Crippen LogP contribution in [-0.4, -0.2) is 173 Å². The largest absolute Gasteiger partial charge is 0.399 e. The van der Waals surface area contributed by atoms with Crippen LogP contribution in [0, 0.1) is 47.3 Å². The molecule has 12 N–H and O–H groups in total. The smallest absolute Gasteiger partial charge is 0.274 e. The van der Waals surface area contributed by atoms with Crippen molar-refractivity contribution in [3.8, 4) is 0 Å². The average Bonchev–Trinajstić information content (AvgIpc) is 1.80. The van der Waals surface area contributed by atoms with Crippen molar-refractivity contribution in [3.63, 3.8) is 0 Å². The van der Waals surface area contributed by atoms with Crippen LogP contribution in [0.5, 0.6) is 0 Å². The van der Waals surface area contributed by atoms with E-state index in [-0.39, 0.29) is 100 Å². The van der Waals surface area contributed by atoms with E-state index in [1.54, 1.807) is 35.4 Å². The van der Waals surface area contributed by atoms with Crippen LogP contribution in [0.15, 0.2) is 136 Å². The zero-order valence-corrected chi connectivity index (χ0v) is 83.0. The molecular weight excluding hydrogens is 1770 g/mol. The summed E-state index contributed by atoms with van der Waals surface area (Å²) in [6.45, 7) is 28.3. The number of nitrogen functional groups attached to an aromatic ring is 1. The molecule has 6 atom stereocenters. The quantitative estimate of drug-likeness (QED) is 0.0140. The number of benzene rings is 2. The van der Waals surface area contributed by atoms with Crippen LogP contribution < -0.4 is 38.9 Å². The van der Waals surface area contributed by atoms with Crippen LogP contribution in [0.3, 0.4) is 0 Å². The van der Waals surface area contributed by atoms with Crippen molar-refractivity contribution in [1.29, 1.82) is 0 Å². The summed E-state index contributed by atoms with van der Waals surface area (Å²) in [6.07, 6.45) is 24.7. The minimum atomic E-state index is -0.823. The number of rotatable bonds is 33. The number of Topliss-reactive ketones (excluding diaryl/α,β-unsaturated/α-hetero) is 3. The number of hydrogen-bond acceptors (Lipinski definition) is 27. The highest BCUT2D eigenvalue weighted by atomic mass is 16.5. The molecule has 9 aromatic rings. The van der Waals surface area contributed by atoms with Crippen LogP contribution in [0.25, 0.3) is 0 Å². The van der Waals surface area contributed by atoms with Crippen LogP contribution in [0.4, 0.5) is 5.69 Å². The van der Waals surface area contributed by atoms with Crippen LogP contribution >= 0.6 is 0 Å². The van der Waals surface area contributed by atoms with Crippen LogP contribution in [0.2, 0.25) is 0 Å². The highest BCUT2D eigenvalue weighted by Crippen LogP contribution is 2.46. The van der Waals surface area contributed by atoms with E-state index in [4.69, 9.17) is 55.2 Å². The van der Waals surface area contributed by atoms with Gasteiger partial charge in [-0.1, -0.05) is 148 Å². The highest BCUT2D eigenvalue weighted by molar-refractivity contribution is 5.96. The molecule has 6 amide bonds. The molecule has 10 heterocycles. The first-order valence-corrected chi connectivity index (χ1v) is 50.3. The third-order valence-corrected chi connectivity index (χ3v) is 27.7. The normalized spacial score (nSPS) is 18.2. The monoisotopic (exact) mass is 1910 g/mol. The van der Waals surface area contributed by atoms with Crippen LogP contribution in [0.1, 0.15) is 404 Å². The summed E-state index contributed by atoms with van der Waals surface area (Å²) < 4.78 is 31.5. The second kappa shape index (κ2) is 48.0. The number of nitrogens with two attached hydrogens (primary N) is 4. The number of aromatic nitrogens is 7. The summed E-state index contributed by atoms with van der Waals surface area (Å²) >= 11 is 0. The van der Waals surface area contributed by atoms with E-state index < -0.39 is 18.1 Å². The predicted molar refractivity (Wildman–Crippen MR) is 522 cm³/mol. The summed E-state index contributed by atoms with van der Waals surface area (Å²) in [5.74, 6) is 8.98. The van der Waals surface area contributed by atoms with Crippen molar-refractivity contribution < 1.29 is 75.4 Å². The Kier molecular flexibility index (Phi) is 36.1. The number of nitrogens with zero attached hydrogens (tertiary/aromatic N) is 10. The molecule has 0 spiro atoms. The number of aliphatic hydroxyl groups excluding tert-OH is 1. The number of ketones is 3. The summed E-state index contributed by atoms with van der Waals surface area (Å²) in [5.41, 5.74) is 30.2. The average molecular weight is 1910 g/mol. The minimum Gasteiger partial charge on any atom is -0.399 e. The Bertz CT molecular complexity index is 5410. The van der Waals surface area contributed by atoms with Gasteiger partial charge in [-0.3, -0.25) is 48.1 Å². The van der Waals surface area contributed by atoms with E-state index in [9.17, 15) is 43.2 Å². The molecule has 7 aromatic heterocycles. The van der Waals surface area contributed by atoms with Gasteiger partial charge in [0.05, 0.1) is 42.5 Å². The number of aryl methyl sites for hydroxylation is 1. The Labute approximate surface area is 814 Å². The molecular formula is C106H145N17O16. The van der Waals surface area contributed by atoms with Crippen molar-refractivity contribution in [3.05, 3.63) is 200 Å². The Balaban J connectivity index is 0.000000141. The summed E-state index contributed by atoms with van der Waals surface area (Å²) in [4.78, 5) is 120. The Morgan fingerprint density at radius 2 is 0.683 bits per heavy atom. The number of likely N-dealkylation sites (tertiary alicyclic amines) is 3. The van der Waals surface area contributed by atoms with Crippen molar-refractivity contribution >= 4 is 58.5 Å². The lowest BCUT2D eigenvalue weighted by atomic mass is 9.82. The van der Waals surface area contributed by atoms with Crippen molar-refractivity contribution in [2.24, 2.45) is 57.6 Å². The molecule has 3 aliphatic heterocycles. The molecule has 3 saturated heterocycles. The first-order valence-electron chi connectivity index (χ1n) is 50.3. The molecule has 9 aliphatic rings. The number of carbonyl (C=O) groups excluding carboxylic acids is 9. The summed E-state index contributed by atoms with van der Waals surface area (Å²) in [7, 11) is 0. The lowest BCUT2D eigenvalue weighted by Crippen LogP contribution is -2.49. The molecule has 33 heteroatoms. The third kappa shape index (κ3) is 30.9. The molecule has 33 nitrogen and oxygen atoms in total. The number of aliphatic hydroxyl groups is 1. The van der Waals surface area contributed by atoms with Crippen molar-refractivity contribution in [2.75, 3.05) is 51.6 Å². The van der Waals surface area contributed by atoms with Gasteiger partial charge in [0, 0.05) is 142 Å². The van der Waals surface area contributed by atoms with E-state index in [1.807, 2.05) is 130 Å². The fraction of sp³-hybridized carbons (Fsp3) is 0.585.